The van der Waals surface area contributed by atoms with Crippen LogP contribution in [0.4, 0.5) is 0 Å². The summed E-state index contributed by atoms with van der Waals surface area (Å²) in [7, 11) is 0. The zero-order valence-electron chi connectivity index (χ0n) is 9.49. The third-order valence-electron chi connectivity index (χ3n) is 2.72. The van der Waals surface area contributed by atoms with Gasteiger partial charge in [0.25, 0.3) is 5.91 Å². The van der Waals surface area contributed by atoms with E-state index in [1.165, 1.54) is 0 Å². The Morgan fingerprint density at radius 1 is 1.18 bits per heavy atom. The van der Waals surface area contributed by atoms with E-state index in [4.69, 9.17) is 0 Å². The lowest BCUT2D eigenvalue weighted by molar-refractivity contribution is 0.0766. The van der Waals surface area contributed by atoms with Gasteiger partial charge in [0.05, 0.1) is 0 Å². The molecular weight excluding hydrogens is 304 g/mol. The van der Waals surface area contributed by atoms with Crippen LogP contribution in [0.25, 0.3) is 0 Å². The Labute approximate surface area is 116 Å². The normalized spacial score (nSPS) is 15.9. The molecule has 17 heavy (non-hydrogen) atoms. The Bertz CT molecular complexity index is 361. The van der Waals surface area contributed by atoms with Crippen LogP contribution in [-0.4, -0.2) is 37.0 Å². The molecule has 5 heteroatoms. The molecule has 0 spiro atoms. The summed E-state index contributed by atoms with van der Waals surface area (Å²) >= 11 is 3.37. The van der Waals surface area contributed by atoms with Crippen LogP contribution in [0.15, 0.2) is 28.7 Å². The molecule has 1 fully saturated rings. The SMILES string of the molecule is Cl.O=C(c1ccc(Br)cc1)N1CCCNCC1. The fourth-order valence-electron chi connectivity index (χ4n) is 1.82. The highest BCUT2D eigenvalue weighted by Gasteiger charge is 2.16. The molecule has 94 valence electrons. The molecule has 2 rings (SSSR count). The van der Waals surface area contributed by atoms with Crippen molar-refractivity contribution in [1.29, 1.82) is 0 Å². The molecule has 0 saturated carbocycles. The molecule has 1 aromatic rings. The summed E-state index contributed by atoms with van der Waals surface area (Å²) in [6.45, 7) is 3.54. The van der Waals surface area contributed by atoms with Crippen molar-refractivity contribution in [2.24, 2.45) is 0 Å². The van der Waals surface area contributed by atoms with Crippen molar-refractivity contribution in [1.82, 2.24) is 10.2 Å². The van der Waals surface area contributed by atoms with Crippen molar-refractivity contribution in [2.75, 3.05) is 26.2 Å². The summed E-state index contributed by atoms with van der Waals surface area (Å²) in [5, 5.41) is 3.29. The average Bonchev–Trinajstić information content (AvgIpc) is 2.57. The van der Waals surface area contributed by atoms with E-state index in [0.29, 0.717) is 0 Å². The molecule has 0 radical (unpaired) electrons. The molecule has 1 aliphatic heterocycles. The first-order valence-corrected chi connectivity index (χ1v) is 6.32. The van der Waals surface area contributed by atoms with Gasteiger partial charge < -0.3 is 10.2 Å². The van der Waals surface area contributed by atoms with Gasteiger partial charge in [-0.1, -0.05) is 15.9 Å². The molecule has 1 heterocycles. The van der Waals surface area contributed by atoms with E-state index in [2.05, 4.69) is 21.2 Å². The first-order chi connectivity index (χ1) is 7.77. The third kappa shape index (κ3) is 3.98. The summed E-state index contributed by atoms with van der Waals surface area (Å²) in [5.41, 5.74) is 0.769. The molecular formula is C12H16BrClN2O. The lowest BCUT2D eigenvalue weighted by Crippen LogP contribution is -2.34. The molecule has 1 aliphatic rings. The first kappa shape index (κ1) is 14.5. The Balaban J connectivity index is 0.00000144. The minimum atomic E-state index is 0. The smallest absolute Gasteiger partial charge is 0.253 e. The molecule has 0 aliphatic carbocycles. The first-order valence-electron chi connectivity index (χ1n) is 5.53. The molecule has 3 nitrogen and oxygen atoms in total. The molecule has 0 bridgehead atoms. The minimum absolute atomic E-state index is 0. The lowest BCUT2D eigenvalue weighted by atomic mass is 10.2. The maximum Gasteiger partial charge on any atom is 0.253 e. The van der Waals surface area contributed by atoms with E-state index in [9.17, 15) is 4.79 Å². The highest BCUT2D eigenvalue weighted by molar-refractivity contribution is 9.10. The van der Waals surface area contributed by atoms with Crippen LogP contribution in [0.2, 0.25) is 0 Å². The molecule has 0 aromatic heterocycles. The minimum Gasteiger partial charge on any atom is -0.337 e. The van der Waals surface area contributed by atoms with Crippen LogP contribution in [0.3, 0.4) is 0 Å². The van der Waals surface area contributed by atoms with Gasteiger partial charge in [0, 0.05) is 29.7 Å². The Hall–Kier alpha value is -0.580. The van der Waals surface area contributed by atoms with E-state index in [1.807, 2.05) is 29.2 Å². The number of nitrogens with zero attached hydrogens (tertiary/aromatic N) is 1. The zero-order valence-corrected chi connectivity index (χ0v) is 11.9. The second-order valence-electron chi connectivity index (χ2n) is 3.90. The molecule has 1 N–H and O–H groups in total. The van der Waals surface area contributed by atoms with Crippen molar-refractivity contribution in [3.8, 4) is 0 Å². The molecule has 1 amide bonds. The van der Waals surface area contributed by atoms with Gasteiger partial charge in [-0.05, 0) is 37.2 Å². The topological polar surface area (TPSA) is 32.3 Å². The maximum absolute atomic E-state index is 12.1. The summed E-state index contributed by atoms with van der Waals surface area (Å²) in [6.07, 6.45) is 1.03. The van der Waals surface area contributed by atoms with Crippen molar-refractivity contribution in [3.63, 3.8) is 0 Å². The van der Waals surface area contributed by atoms with Crippen LogP contribution in [0, 0.1) is 0 Å². The number of amides is 1. The Kier molecular flexibility index (Phi) is 5.95. The van der Waals surface area contributed by atoms with Crippen molar-refractivity contribution in [2.45, 2.75) is 6.42 Å². The lowest BCUT2D eigenvalue weighted by Gasteiger charge is -2.19. The van der Waals surface area contributed by atoms with E-state index < -0.39 is 0 Å². The number of carbonyl (C=O) groups excluding carboxylic acids is 1. The summed E-state index contributed by atoms with van der Waals surface area (Å²) < 4.78 is 1.00. The van der Waals surface area contributed by atoms with E-state index in [0.717, 1.165) is 42.6 Å². The molecule has 1 saturated heterocycles. The number of carbonyl (C=O) groups is 1. The van der Waals surface area contributed by atoms with Gasteiger partial charge >= 0.3 is 0 Å². The van der Waals surface area contributed by atoms with E-state index in [1.54, 1.807) is 0 Å². The second-order valence-corrected chi connectivity index (χ2v) is 4.82. The number of halogens is 2. The average molecular weight is 320 g/mol. The third-order valence-corrected chi connectivity index (χ3v) is 3.25. The van der Waals surface area contributed by atoms with Gasteiger partial charge in [-0.3, -0.25) is 4.79 Å². The maximum atomic E-state index is 12.1. The summed E-state index contributed by atoms with van der Waals surface area (Å²) in [4.78, 5) is 14.1. The van der Waals surface area contributed by atoms with Gasteiger partial charge in [0.1, 0.15) is 0 Å². The Morgan fingerprint density at radius 2 is 1.88 bits per heavy atom. The van der Waals surface area contributed by atoms with Gasteiger partial charge in [-0.2, -0.15) is 0 Å². The van der Waals surface area contributed by atoms with Crippen LogP contribution in [-0.2, 0) is 0 Å². The fourth-order valence-corrected chi connectivity index (χ4v) is 2.09. The van der Waals surface area contributed by atoms with Crippen LogP contribution in [0.5, 0.6) is 0 Å². The number of benzene rings is 1. The number of hydrogen-bond donors (Lipinski definition) is 1. The van der Waals surface area contributed by atoms with Crippen LogP contribution in [0.1, 0.15) is 16.8 Å². The summed E-state index contributed by atoms with van der Waals surface area (Å²) in [6, 6.07) is 7.54. The van der Waals surface area contributed by atoms with Crippen molar-refractivity contribution < 1.29 is 4.79 Å². The van der Waals surface area contributed by atoms with E-state index in [-0.39, 0.29) is 18.3 Å². The van der Waals surface area contributed by atoms with Gasteiger partial charge in [0.2, 0.25) is 0 Å². The van der Waals surface area contributed by atoms with Crippen molar-refractivity contribution >= 4 is 34.2 Å². The van der Waals surface area contributed by atoms with E-state index >= 15 is 0 Å². The zero-order chi connectivity index (χ0) is 11.4. The van der Waals surface area contributed by atoms with Crippen LogP contribution >= 0.6 is 28.3 Å². The fraction of sp³-hybridized carbons (Fsp3) is 0.417. The number of rotatable bonds is 1. The number of hydrogen-bond acceptors (Lipinski definition) is 2. The van der Waals surface area contributed by atoms with Gasteiger partial charge in [0.15, 0.2) is 0 Å². The monoisotopic (exact) mass is 318 g/mol. The second kappa shape index (κ2) is 6.99. The quantitative estimate of drug-likeness (QED) is 0.861. The van der Waals surface area contributed by atoms with Gasteiger partial charge in [-0.15, -0.1) is 12.4 Å². The molecule has 1 aromatic carbocycles. The number of nitrogens with one attached hydrogen (secondary N) is 1. The van der Waals surface area contributed by atoms with Gasteiger partial charge in [-0.25, -0.2) is 0 Å². The summed E-state index contributed by atoms with van der Waals surface area (Å²) in [5.74, 6) is 0.135. The highest BCUT2D eigenvalue weighted by atomic mass is 79.9. The largest absolute Gasteiger partial charge is 0.337 e. The molecule has 0 atom stereocenters. The van der Waals surface area contributed by atoms with Crippen molar-refractivity contribution in [3.05, 3.63) is 34.3 Å². The molecule has 0 unspecified atom stereocenters. The Morgan fingerprint density at radius 3 is 2.59 bits per heavy atom. The highest BCUT2D eigenvalue weighted by Crippen LogP contribution is 2.12. The standard InChI is InChI=1S/C12H15BrN2O.ClH/c13-11-4-2-10(3-5-11)12(16)15-8-1-6-14-7-9-15;/h2-5,14H,1,6-9H2;1H. The van der Waals surface area contributed by atoms with Crippen LogP contribution < -0.4 is 5.32 Å². The predicted molar refractivity (Wildman–Crippen MR) is 74.8 cm³/mol. The predicted octanol–water partition coefficient (Wildman–Crippen LogP) is 2.31.